The van der Waals surface area contributed by atoms with E-state index in [1.54, 1.807) is 0 Å². The summed E-state index contributed by atoms with van der Waals surface area (Å²) in [6, 6.07) is 6.39. The number of thioether (sulfide) groups is 1. The first kappa shape index (κ1) is 22.5. The van der Waals surface area contributed by atoms with E-state index in [1.165, 1.54) is 17.1 Å². The number of hydrogen-bond acceptors (Lipinski definition) is 4. The lowest BCUT2D eigenvalue weighted by molar-refractivity contribution is -0.116. The topological polar surface area (TPSA) is 44.4 Å². The number of rotatable bonds is 6. The fourth-order valence-corrected chi connectivity index (χ4v) is 3.35. The Morgan fingerprint density at radius 1 is 1.26 bits per heavy atom. The predicted octanol–water partition coefficient (Wildman–Crippen LogP) is 2.94. The third-order valence-electron chi connectivity index (χ3n) is 3.69. The molecule has 1 aliphatic rings. The number of aryl methyl sites for hydroxylation is 1. The van der Waals surface area contributed by atoms with Gasteiger partial charge in [-0.1, -0.05) is 12.1 Å². The average Bonchev–Trinajstić information content (AvgIpc) is 2.49. The second-order valence-corrected chi connectivity index (χ2v) is 6.66. The van der Waals surface area contributed by atoms with Gasteiger partial charge in [0.25, 0.3) is 0 Å². The summed E-state index contributed by atoms with van der Waals surface area (Å²) in [6.45, 7) is 6.02. The van der Waals surface area contributed by atoms with Crippen molar-refractivity contribution in [3.05, 3.63) is 29.3 Å². The Bertz CT molecular complexity index is 482. The monoisotopic (exact) mass is 379 g/mol. The highest BCUT2D eigenvalue weighted by Gasteiger charge is 2.12. The quantitative estimate of drug-likeness (QED) is 0.797. The van der Waals surface area contributed by atoms with E-state index in [1.807, 2.05) is 25.7 Å². The second kappa shape index (κ2) is 12.0. The summed E-state index contributed by atoms with van der Waals surface area (Å²) >= 11 is 2.03. The van der Waals surface area contributed by atoms with Gasteiger partial charge in [-0.2, -0.15) is 11.8 Å². The smallest absolute Gasteiger partial charge is 0.225 e. The minimum absolute atomic E-state index is 0. The van der Waals surface area contributed by atoms with Gasteiger partial charge in [-0.3, -0.25) is 9.69 Å². The van der Waals surface area contributed by atoms with E-state index in [4.69, 9.17) is 0 Å². The van der Waals surface area contributed by atoms with Crippen molar-refractivity contribution in [2.45, 2.75) is 19.9 Å². The maximum Gasteiger partial charge on any atom is 0.225 e. The number of hydrogen-bond donors (Lipinski definition) is 2. The van der Waals surface area contributed by atoms with Crippen LogP contribution >= 0.6 is 36.6 Å². The van der Waals surface area contributed by atoms with Crippen molar-refractivity contribution in [3.63, 3.8) is 0 Å². The molecular weight excluding hydrogens is 353 g/mol. The summed E-state index contributed by atoms with van der Waals surface area (Å²) in [4.78, 5) is 14.3. The summed E-state index contributed by atoms with van der Waals surface area (Å²) in [5.41, 5.74) is 3.34. The Hall–Kier alpha value is -0.460. The van der Waals surface area contributed by atoms with Crippen LogP contribution in [0.2, 0.25) is 0 Å². The predicted molar refractivity (Wildman–Crippen MR) is 105 cm³/mol. The molecule has 1 amide bonds. The van der Waals surface area contributed by atoms with E-state index in [-0.39, 0.29) is 30.7 Å². The third-order valence-corrected chi connectivity index (χ3v) is 4.63. The van der Waals surface area contributed by atoms with Crippen LogP contribution in [-0.2, 0) is 11.3 Å². The number of nitrogens with one attached hydrogen (secondary N) is 2. The lowest BCUT2D eigenvalue weighted by Gasteiger charge is -2.26. The van der Waals surface area contributed by atoms with Crippen molar-refractivity contribution in [3.8, 4) is 0 Å². The van der Waals surface area contributed by atoms with E-state index in [0.717, 1.165) is 30.9 Å². The molecule has 7 heteroatoms. The summed E-state index contributed by atoms with van der Waals surface area (Å²) in [7, 11) is 1.86. The van der Waals surface area contributed by atoms with Crippen LogP contribution in [0.25, 0.3) is 0 Å². The molecule has 0 unspecified atom stereocenters. The van der Waals surface area contributed by atoms with Gasteiger partial charge in [0.1, 0.15) is 0 Å². The summed E-state index contributed by atoms with van der Waals surface area (Å²) in [5.74, 6) is 2.51. The molecule has 1 heterocycles. The van der Waals surface area contributed by atoms with Crippen molar-refractivity contribution in [1.82, 2.24) is 10.2 Å². The van der Waals surface area contributed by atoms with Gasteiger partial charge in [0, 0.05) is 49.8 Å². The number of amides is 1. The van der Waals surface area contributed by atoms with Gasteiger partial charge in [-0.15, -0.1) is 24.8 Å². The SMILES string of the molecule is CNCCC(=O)Nc1cc(CN2CCSCC2)ccc1C.Cl.Cl. The molecule has 2 N–H and O–H groups in total. The van der Waals surface area contributed by atoms with Crippen molar-refractivity contribution in [1.29, 1.82) is 0 Å². The molecule has 23 heavy (non-hydrogen) atoms. The molecule has 0 aliphatic carbocycles. The average molecular weight is 380 g/mol. The van der Waals surface area contributed by atoms with Crippen molar-refractivity contribution in [2.75, 3.05) is 43.5 Å². The molecular formula is C16H27Cl2N3OS. The molecule has 2 rings (SSSR count). The Morgan fingerprint density at radius 2 is 1.96 bits per heavy atom. The Morgan fingerprint density at radius 3 is 2.61 bits per heavy atom. The molecule has 0 bridgehead atoms. The van der Waals surface area contributed by atoms with Crippen LogP contribution in [0.3, 0.4) is 0 Å². The van der Waals surface area contributed by atoms with Crippen molar-refractivity contribution in [2.24, 2.45) is 0 Å². The highest BCUT2D eigenvalue weighted by Crippen LogP contribution is 2.19. The van der Waals surface area contributed by atoms with Crippen LogP contribution in [0.4, 0.5) is 5.69 Å². The zero-order valence-electron chi connectivity index (χ0n) is 13.8. The van der Waals surface area contributed by atoms with Gasteiger partial charge < -0.3 is 10.6 Å². The van der Waals surface area contributed by atoms with Gasteiger partial charge in [-0.25, -0.2) is 0 Å². The number of anilines is 1. The van der Waals surface area contributed by atoms with Crippen LogP contribution in [0.15, 0.2) is 18.2 Å². The number of nitrogens with zero attached hydrogens (tertiary/aromatic N) is 1. The molecule has 1 aromatic rings. The first-order valence-corrected chi connectivity index (χ1v) is 8.68. The molecule has 1 aromatic carbocycles. The van der Waals surface area contributed by atoms with E-state index >= 15 is 0 Å². The zero-order chi connectivity index (χ0) is 15.1. The number of benzene rings is 1. The Labute approximate surface area is 156 Å². The number of halogens is 2. The molecule has 1 saturated heterocycles. The van der Waals surface area contributed by atoms with E-state index in [2.05, 4.69) is 33.7 Å². The first-order valence-electron chi connectivity index (χ1n) is 7.53. The van der Waals surface area contributed by atoms with E-state index in [9.17, 15) is 4.79 Å². The molecule has 0 atom stereocenters. The Kier molecular flexibility index (Phi) is 11.7. The van der Waals surface area contributed by atoms with Crippen LogP contribution in [-0.4, -0.2) is 49.0 Å². The molecule has 0 saturated carbocycles. The molecule has 0 spiro atoms. The van der Waals surface area contributed by atoms with Crippen molar-refractivity contribution < 1.29 is 4.79 Å². The van der Waals surface area contributed by atoms with E-state index in [0.29, 0.717) is 13.0 Å². The van der Waals surface area contributed by atoms with Gasteiger partial charge >= 0.3 is 0 Å². The third kappa shape index (κ3) is 7.77. The highest BCUT2D eigenvalue weighted by atomic mass is 35.5. The summed E-state index contributed by atoms with van der Waals surface area (Å²) in [6.07, 6.45) is 0.503. The van der Waals surface area contributed by atoms with Crippen molar-refractivity contribution >= 4 is 48.2 Å². The fourth-order valence-electron chi connectivity index (χ4n) is 2.37. The molecule has 0 radical (unpaired) electrons. The molecule has 1 aliphatic heterocycles. The fraction of sp³-hybridized carbons (Fsp3) is 0.562. The zero-order valence-corrected chi connectivity index (χ0v) is 16.2. The van der Waals surface area contributed by atoms with Gasteiger partial charge in [0.2, 0.25) is 5.91 Å². The van der Waals surface area contributed by atoms with Crippen LogP contribution < -0.4 is 10.6 Å². The van der Waals surface area contributed by atoms with Crippen LogP contribution in [0.1, 0.15) is 17.5 Å². The normalized spacial score (nSPS) is 14.5. The van der Waals surface area contributed by atoms with Gasteiger partial charge in [-0.05, 0) is 31.2 Å². The maximum absolute atomic E-state index is 11.9. The molecule has 4 nitrogen and oxygen atoms in total. The minimum atomic E-state index is 0. The maximum atomic E-state index is 11.9. The summed E-state index contributed by atoms with van der Waals surface area (Å²) in [5, 5.41) is 6.02. The number of carbonyl (C=O) groups excluding carboxylic acids is 1. The second-order valence-electron chi connectivity index (χ2n) is 5.44. The first-order chi connectivity index (χ1) is 10.2. The lowest BCUT2D eigenvalue weighted by atomic mass is 10.1. The lowest BCUT2D eigenvalue weighted by Crippen LogP contribution is -2.32. The van der Waals surface area contributed by atoms with Crippen LogP contribution in [0.5, 0.6) is 0 Å². The van der Waals surface area contributed by atoms with Crippen LogP contribution in [0, 0.1) is 6.92 Å². The molecule has 0 aromatic heterocycles. The van der Waals surface area contributed by atoms with Gasteiger partial charge in [0.15, 0.2) is 0 Å². The standard InChI is InChI=1S/C16H25N3OS.2ClH/c1-13-3-4-14(12-19-7-9-21-10-8-19)11-15(13)18-16(20)5-6-17-2;;/h3-4,11,17H,5-10,12H2,1-2H3,(H,18,20);2*1H. The Balaban J connectivity index is 0.00000242. The minimum Gasteiger partial charge on any atom is -0.326 e. The molecule has 1 fully saturated rings. The largest absolute Gasteiger partial charge is 0.326 e. The number of carbonyl (C=O) groups is 1. The van der Waals surface area contributed by atoms with Gasteiger partial charge in [0.05, 0.1) is 0 Å². The summed E-state index contributed by atoms with van der Waals surface area (Å²) < 4.78 is 0. The van der Waals surface area contributed by atoms with E-state index < -0.39 is 0 Å². The highest BCUT2D eigenvalue weighted by molar-refractivity contribution is 7.99. The molecule has 132 valence electrons.